The molecule has 0 atom stereocenters. The van der Waals surface area contributed by atoms with Crippen LogP contribution in [0.2, 0.25) is 0 Å². The van der Waals surface area contributed by atoms with Crippen LogP contribution in [0.25, 0.3) is 5.78 Å². The molecule has 0 saturated carbocycles. The fourth-order valence-electron chi connectivity index (χ4n) is 1.49. The fourth-order valence-corrected chi connectivity index (χ4v) is 1.97. The molecule has 2 aromatic heterocycles. The summed E-state index contributed by atoms with van der Waals surface area (Å²) in [4.78, 5) is 20.1. The first kappa shape index (κ1) is 14.0. The third-order valence-corrected chi connectivity index (χ3v) is 3.11. The maximum Gasteiger partial charge on any atom is 0.341 e. The van der Waals surface area contributed by atoms with E-state index in [1.165, 1.54) is 28.6 Å². The quantitative estimate of drug-likeness (QED) is 0.466. The average molecular weight is 289 g/mol. The van der Waals surface area contributed by atoms with Crippen molar-refractivity contribution < 1.29 is 9.53 Å². The van der Waals surface area contributed by atoms with Crippen LogP contribution in [-0.4, -0.2) is 37.9 Å². The maximum absolute atomic E-state index is 11.8. The van der Waals surface area contributed by atoms with Crippen LogP contribution < -0.4 is 0 Å². The van der Waals surface area contributed by atoms with Gasteiger partial charge in [0, 0.05) is 6.20 Å². The second kappa shape index (κ2) is 6.16. The smallest absolute Gasteiger partial charge is 0.341 e. The van der Waals surface area contributed by atoms with Gasteiger partial charge in [0.1, 0.15) is 6.61 Å². The lowest BCUT2D eigenvalue weighted by Crippen LogP contribution is -2.11. The SMILES string of the molecule is C=CCOC(=O)c1cnc2nc(SCC#N)nn2c1C. The largest absolute Gasteiger partial charge is 0.458 e. The number of carbonyl (C=O) groups excluding carboxylic acids is 1. The molecule has 0 N–H and O–H groups in total. The van der Waals surface area contributed by atoms with Gasteiger partial charge in [-0.1, -0.05) is 24.4 Å². The molecule has 0 saturated heterocycles. The van der Waals surface area contributed by atoms with Gasteiger partial charge in [-0.25, -0.2) is 9.78 Å². The number of hydrogen-bond acceptors (Lipinski definition) is 7. The summed E-state index contributed by atoms with van der Waals surface area (Å²) in [5.41, 5.74) is 0.904. The monoisotopic (exact) mass is 289 g/mol. The molecule has 0 aliphatic rings. The number of carbonyl (C=O) groups is 1. The summed E-state index contributed by atoms with van der Waals surface area (Å²) in [7, 11) is 0. The summed E-state index contributed by atoms with van der Waals surface area (Å²) in [6.07, 6.45) is 2.90. The Morgan fingerprint density at radius 2 is 2.50 bits per heavy atom. The molecule has 20 heavy (non-hydrogen) atoms. The first-order chi connectivity index (χ1) is 9.67. The highest BCUT2D eigenvalue weighted by Gasteiger charge is 2.16. The zero-order valence-electron chi connectivity index (χ0n) is 10.7. The zero-order valence-corrected chi connectivity index (χ0v) is 11.6. The van der Waals surface area contributed by atoms with Gasteiger partial charge in [-0.2, -0.15) is 14.8 Å². The molecule has 2 aromatic rings. The van der Waals surface area contributed by atoms with Crippen molar-refractivity contribution in [1.29, 1.82) is 5.26 Å². The zero-order chi connectivity index (χ0) is 14.5. The van der Waals surface area contributed by atoms with Crippen molar-refractivity contribution in [3.8, 4) is 6.07 Å². The normalized spacial score (nSPS) is 10.2. The van der Waals surface area contributed by atoms with Crippen molar-refractivity contribution >= 4 is 23.5 Å². The van der Waals surface area contributed by atoms with Crippen molar-refractivity contribution in [2.75, 3.05) is 12.4 Å². The molecule has 2 rings (SSSR count). The van der Waals surface area contributed by atoms with E-state index in [9.17, 15) is 4.79 Å². The van der Waals surface area contributed by atoms with Gasteiger partial charge in [0.15, 0.2) is 0 Å². The third-order valence-electron chi connectivity index (χ3n) is 2.41. The number of nitriles is 1. The topological polar surface area (TPSA) is 93.2 Å². The van der Waals surface area contributed by atoms with E-state index in [1.54, 1.807) is 6.92 Å². The molecule has 0 amide bonds. The molecule has 0 radical (unpaired) electrons. The van der Waals surface area contributed by atoms with Crippen molar-refractivity contribution in [2.24, 2.45) is 0 Å². The average Bonchev–Trinajstić information content (AvgIpc) is 2.87. The van der Waals surface area contributed by atoms with Crippen molar-refractivity contribution in [3.05, 3.63) is 30.1 Å². The highest BCUT2D eigenvalue weighted by Crippen LogP contribution is 2.16. The van der Waals surface area contributed by atoms with Crippen molar-refractivity contribution in [3.63, 3.8) is 0 Å². The highest BCUT2D eigenvalue weighted by atomic mass is 32.2. The number of ether oxygens (including phenoxy) is 1. The maximum atomic E-state index is 11.8. The van der Waals surface area contributed by atoms with E-state index < -0.39 is 5.97 Å². The van der Waals surface area contributed by atoms with Crippen LogP contribution in [0.4, 0.5) is 0 Å². The Balaban J connectivity index is 2.35. The lowest BCUT2D eigenvalue weighted by atomic mass is 10.2. The number of aryl methyl sites for hydroxylation is 1. The number of hydrogen-bond donors (Lipinski definition) is 0. The van der Waals surface area contributed by atoms with E-state index in [2.05, 4.69) is 21.6 Å². The molecule has 102 valence electrons. The second-order valence-electron chi connectivity index (χ2n) is 3.70. The first-order valence-electron chi connectivity index (χ1n) is 5.67. The lowest BCUT2D eigenvalue weighted by molar-refractivity contribution is 0.0547. The minimum atomic E-state index is -0.487. The highest BCUT2D eigenvalue weighted by molar-refractivity contribution is 7.99. The molecule has 0 aliphatic carbocycles. The van der Waals surface area contributed by atoms with Gasteiger partial charge in [0.05, 0.1) is 23.1 Å². The lowest BCUT2D eigenvalue weighted by Gasteiger charge is -2.05. The molecular formula is C12H11N5O2S. The summed E-state index contributed by atoms with van der Waals surface area (Å²) in [6.45, 7) is 5.35. The minimum absolute atomic E-state index is 0.136. The van der Waals surface area contributed by atoms with Crippen molar-refractivity contribution in [2.45, 2.75) is 12.1 Å². The molecule has 0 aromatic carbocycles. The van der Waals surface area contributed by atoms with Crippen LogP contribution in [-0.2, 0) is 4.74 Å². The van der Waals surface area contributed by atoms with Crippen LogP contribution in [0.3, 0.4) is 0 Å². The Kier molecular flexibility index (Phi) is 4.32. The number of esters is 1. The third kappa shape index (κ3) is 2.78. The van der Waals surface area contributed by atoms with E-state index in [0.717, 1.165) is 0 Å². The van der Waals surface area contributed by atoms with E-state index in [0.29, 0.717) is 22.2 Å². The number of fused-ring (bicyclic) bond motifs is 1. The van der Waals surface area contributed by atoms with E-state index in [1.807, 2.05) is 6.07 Å². The molecule has 0 fully saturated rings. The summed E-state index contributed by atoms with van der Waals surface area (Å²) in [6, 6.07) is 2.00. The van der Waals surface area contributed by atoms with Crippen molar-refractivity contribution in [1.82, 2.24) is 19.6 Å². The summed E-state index contributed by atoms with van der Waals surface area (Å²) in [5.74, 6) is 0.145. The van der Waals surface area contributed by atoms with Gasteiger partial charge in [-0.15, -0.1) is 5.10 Å². The predicted octanol–water partition coefficient (Wildman–Crippen LogP) is 1.39. The minimum Gasteiger partial charge on any atom is -0.458 e. The van der Waals surface area contributed by atoms with E-state index in [4.69, 9.17) is 10.00 Å². The predicted molar refractivity (Wildman–Crippen MR) is 72.3 cm³/mol. The Bertz CT molecular complexity index is 704. The Morgan fingerprint density at radius 1 is 1.70 bits per heavy atom. The van der Waals surface area contributed by atoms with Crippen LogP contribution in [0.1, 0.15) is 16.1 Å². The molecule has 7 nitrogen and oxygen atoms in total. The van der Waals surface area contributed by atoms with E-state index >= 15 is 0 Å². The molecule has 2 heterocycles. The van der Waals surface area contributed by atoms with Gasteiger partial charge >= 0.3 is 5.97 Å². The van der Waals surface area contributed by atoms with Crippen LogP contribution in [0, 0.1) is 18.3 Å². The van der Waals surface area contributed by atoms with Gasteiger partial charge in [0.25, 0.3) is 5.78 Å². The molecule has 8 heteroatoms. The Hall–Kier alpha value is -2.40. The van der Waals surface area contributed by atoms with Crippen LogP contribution in [0.5, 0.6) is 0 Å². The second-order valence-corrected chi connectivity index (χ2v) is 4.64. The first-order valence-corrected chi connectivity index (χ1v) is 6.66. The fraction of sp³-hybridized carbons (Fsp3) is 0.250. The number of nitrogens with zero attached hydrogens (tertiary/aromatic N) is 5. The molecular weight excluding hydrogens is 278 g/mol. The van der Waals surface area contributed by atoms with Crippen LogP contribution >= 0.6 is 11.8 Å². The van der Waals surface area contributed by atoms with E-state index in [-0.39, 0.29) is 12.4 Å². The Labute approximate surface area is 119 Å². The number of aromatic nitrogens is 4. The number of rotatable bonds is 5. The Morgan fingerprint density at radius 3 is 3.20 bits per heavy atom. The summed E-state index contributed by atoms with van der Waals surface area (Å²) >= 11 is 1.21. The number of thioether (sulfide) groups is 1. The molecule has 0 bridgehead atoms. The van der Waals surface area contributed by atoms with Gasteiger partial charge in [-0.3, -0.25) is 0 Å². The van der Waals surface area contributed by atoms with Gasteiger partial charge < -0.3 is 4.74 Å². The molecule has 0 spiro atoms. The van der Waals surface area contributed by atoms with Gasteiger partial charge in [0.2, 0.25) is 5.16 Å². The standard InChI is InChI=1S/C12H11N5O2S/c1-3-5-19-10(18)9-7-14-11-15-12(20-6-4-13)16-17(11)8(9)2/h3,7H,1,5-6H2,2H3. The molecule has 0 unspecified atom stereocenters. The molecule has 0 aliphatic heterocycles. The summed E-state index contributed by atoms with van der Waals surface area (Å²) < 4.78 is 6.43. The van der Waals surface area contributed by atoms with Crippen LogP contribution in [0.15, 0.2) is 24.0 Å². The van der Waals surface area contributed by atoms with Gasteiger partial charge in [-0.05, 0) is 6.92 Å². The summed E-state index contributed by atoms with van der Waals surface area (Å²) in [5, 5.41) is 13.2.